The summed E-state index contributed by atoms with van der Waals surface area (Å²) < 4.78 is 0. The molecule has 6 N–H and O–H groups in total. The Labute approximate surface area is 277 Å². The third-order valence-electron chi connectivity index (χ3n) is 8.92. The quantitative estimate of drug-likeness (QED) is 0.185. The van der Waals surface area contributed by atoms with E-state index in [1.54, 1.807) is 18.3 Å². The molecule has 0 saturated carbocycles. The summed E-state index contributed by atoms with van der Waals surface area (Å²) in [4.78, 5) is 73.3. The van der Waals surface area contributed by atoms with Gasteiger partial charge >= 0.3 is 0 Å². The van der Waals surface area contributed by atoms with Gasteiger partial charge in [-0.25, -0.2) is 0 Å². The Balaban J connectivity index is 1.33. The summed E-state index contributed by atoms with van der Waals surface area (Å²) in [6.07, 6.45) is 3.12. The van der Waals surface area contributed by atoms with E-state index in [1.165, 1.54) is 17.0 Å². The molecule has 0 radical (unpaired) electrons. The molecule has 0 bridgehead atoms. The van der Waals surface area contributed by atoms with Crippen molar-refractivity contribution in [1.29, 1.82) is 0 Å². The van der Waals surface area contributed by atoms with Crippen LogP contribution >= 0.6 is 0 Å². The zero-order valence-electron chi connectivity index (χ0n) is 26.3. The number of hydrogen-bond donors (Lipinski definition) is 6. The van der Waals surface area contributed by atoms with Crippen LogP contribution in [0.4, 0.5) is 0 Å². The Hall–Kier alpha value is -5.65. The lowest BCUT2D eigenvalue weighted by Crippen LogP contribution is -2.58. The molecule has 12 heteroatoms. The molecule has 248 valence electrons. The molecule has 3 aromatic carbocycles. The number of nitrogens with one attached hydrogen (secondary N) is 5. The van der Waals surface area contributed by atoms with Crippen LogP contribution in [-0.4, -0.2) is 81.8 Å². The van der Waals surface area contributed by atoms with Crippen molar-refractivity contribution in [3.8, 4) is 5.75 Å². The van der Waals surface area contributed by atoms with E-state index in [0.717, 1.165) is 22.0 Å². The van der Waals surface area contributed by atoms with E-state index < -0.39 is 60.2 Å². The highest BCUT2D eigenvalue weighted by Crippen LogP contribution is 2.23. The van der Waals surface area contributed by atoms with Gasteiger partial charge in [-0.1, -0.05) is 60.7 Å². The average molecular weight is 651 g/mol. The van der Waals surface area contributed by atoms with Gasteiger partial charge < -0.3 is 36.3 Å². The van der Waals surface area contributed by atoms with E-state index in [9.17, 15) is 29.1 Å². The first-order chi connectivity index (χ1) is 23.2. The lowest BCUT2D eigenvalue weighted by Gasteiger charge is -2.30. The van der Waals surface area contributed by atoms with Gasteiger partial charge in [0.15, 0.2) is 0 Å². The van der Waals surface area contributed by atoms with Crippen LogP contribution in [0.2, 0.25) is 0 Å². The number of fused-ring (bicyclic) bond motifs is 2. The lowest BCUT2D eigenvalue weighted by atomic mass is 10.0. The number of rotatable bonds is 6. The maximum atomic E-state index is 14.0. The second-order valence-electron chi connectivity index (χ2n) is 12.3. The third kappa shape index (κ3) is 7.49. The molecule has 4 atom stereocenters. The monoisotopic (exact) mass is 650 g/mol. The summed E-state index contributed by atoms with van der Waals surface area (Å²) >= 11 is 0. The van der Waals surface area contributed by atoms with Gasteiger partial charge in [-0.2, -0.15) is 0 Å². The minimum absolute atomic E-state index is 0.0607. The van der Waals surface area contributed by atoms with E-state index >= 15 is 0 Å². The summed E-state index contributed by atoms with van der Waals surface area (Å²) in [7, 11) is 0. The van der Waals surface area contributed by atoms with E-state index in [2.05, 4.69) is 26.3 Å². The van der Waals surface area contributed by atoms with Crippen molar-refractivity contribution in [2.45, 2.75) is 56.3 Å². The van der Waals surface area contributed by atoms with Crippen LogP contribution in [0.25, 0.3) is 10.9 Å². The van der Waals surface area contributed by atoms with Gasteiger partial charge in [-0.05, 0) is 47.7 Å². The second-order valence-corrected chi connectivity index (χ2v) is 12.3. The Bertz CT molecular complexity index is 1810. The van der Waals surface area contributed by atoms with Crippen LogP contribution in [0.5, 0.6) is 5.75 Å². The van der Waals surface area contributed by atoms with Gasteiger partial charge in [-0.3, -0.25) is 24.0 Å². The summed E-state index contributed by atoms with van der Waals surface area (Å²) in [6.45, 7) is -0.132. The van der Waals surface area contributed by atoms with Crippen LogP contribution < -0.4 is 21.3 Å². The van der Waals surface area contributed by atoms with Crippen LogP contribution in [-0.2, 0) is 43.2 Å². The number of aromatic hydroxyl groups is 1. The van der Waals surface area contributed by atoms with Crippen molar-refractivity contribution in [1.82, 2.24) is 31.2 Å². The topological polar surface area (TPSA) is 173 Å². The molecular formula is C36H38N6O6. The molecule has 1 aromatic heterocycles. The van der Waals surface area contributed by atoms with Gasteiger partial charge in [0.1, 0.15) is 29.9 Å². The molecule has 2 aliphatic heterocycles. The van der Waals surface area contributed by atoms with E-state index in [-0.39, 0.29) is 25.0 Å². The van der Waals surface area contributed by atoms with Crippen molar-refractivity contribution in [3.05, 3.63) is 102 Å². The van der Waals surface area contributed by atoms with Gasteiger partial charge in [0, 0.05) is 42.9 Å². The number of carbonyl (C=O) groups excluding carboxylic acids is 5. The van der Waals surface area contributed by atoms with Crippen molar-refractivity contribution < 1.29 is 29.1 Å². The Morgan fingerprint density at radius 2 is 1.35 bits per heavy atom. The van der Waals surface area contributed by atoms with Crippen molar-refractivity contribution in [2.24, 2.45) is 0 Å². The summed E-state index contributed by atoms with van der Waals surface area (Å²) in [6, 6.07) is 19.1. The molecule has 0 aliphatic carbocycles. The predicted molar refractivity (Wildman–Crippen MR) is 177 cm³/mol. The van der Waals surface area contributed by atoms with E-state index in [4.69, 9.17) is 0 Å². The average Bonchev–Trinajstić information content (AvgIpc) is 3.75. The van der Waals surface area contributed by atoms with Crippen LogP contribution in [0.15, 0.2) is 85.1 Å². The summed E-state index contributed by atoms with van der Waals surface area (Å²) in [5, 5.41) is 21.7. The van der Waals surface area contributed by atoms with Crippen LogP contribution in [0.1, 0.15) is 29.5 Å². The SMILES string of the molecule is O=C1CNC(=O)[C@H](Cc2ccccc2)NC(=O)[C@H](Cc2c[nH]c3ccccc23)NC(=O)[C@H]2CCCN2C(=O)[C@H](Cc2ccc(O)cc2)N1. The van der Waals surface area contributed by atoms with Gasteiger partial charge in [0.2, 0.25) is 29.5 Å². The molecule has 3 heterocycles. The van der Waals surface area contributed by atoms with Crippen LogP contribution in [0.3, 0.4) is 0 Å². The Kier molecular flexibility index (Phi) is 9.70. The first-order valence-corrected chi connectivity index (χ1v) is 16.1. The Morgan fingerprint density at radius 1 is 0.688 bits per heavy atom. The first-order valence-electron chi connectivity index (χ1n) is 16.1. The number of benzene rings is 3. The zero-order valence-corrected chi connectivity index (χ0v) is 26.3. The van der Waals surface area contributed by atoms with Gasteiger partial charge in [0.05, 0.1) is 6.54 Å². The van der Waals surface area contributed by atoms with Crippen molar-refractivity contribution >= 4 is 40.4 Å². The predicted octanol–water partition coefficient (Wildman–Crippen LogP) is 1.48. The molecule has 6 rings (SSSR count). The smallest absolute Gasteiger partial charge is 0.246 e. The maximum Gasteiger partial charge on any atom is 0.246 e. The number of amides is 5. The molecule has 12 nitrogen and oxygen atoms in total. The first kappa shape index (κ1) is 32.3. The highest BCUT2D eigenvalue weighted by molar-refractivity contribution is 5.98. The number of aromatic amines is 1. The summed E-state index contributed by atoms with van der Waals surface area (Å²) in [5.41, 5.74) is 3.15. The fraction of sp³-hybridized carbons (Fsp3) is 0.306. The number of hydrogen-bond acceptors (Lipinski definition) is 6. The fourth-order valence-electron chi connectivity index (χ4n) is 6.44. The molecule has 5 amide bonds. The molecule has 2 fully saturated rings. The number of aromatic nitrogens is 1. The number of para-hydroxylation sites is 1. The zero-order chi connectivity index (χ0) is 33.6. The van der Waals surface area contributed by atoms with Crippen molar-refractivity contribution in [2.75, 3.05) is 13.1 Å². The largest absolute Gasteiger partial charge is 0.508 e. The van der Waals surface area contributed by atoms with E-state index in [0.29, 0.717) is 24.9 Å². The number of phenolic OH excluding ortho intramolecular Hbond substituents is 1. The van der Waals surface area contributed by atoms with Crippen molar-refractivity contribution in [3.63, 3.8) is 0 Å². The van der Waals surface area contributed by atoms with Crippen LogP contribution in [0, 0.1) is 0 Å². The van der Waals surface area contributed by atoms with Gasteiger partial charge in [-0.15, -0.1) is 0 Å². The normalized spacial score (nSPS) is 22.6. The number of carbonyl (C=O) groups is 5. The summed E-state index contributed by atoms with van der Waals surface area (Å²) in [5.74, 6) is -2.63. The minimum atomic E-state index is -1.07. The maximum absolute atomic E-state index is 14.0. The lowest BCUT2D eigenvalue weighted by molar-refractivity contribution is -0.142. The van der Waals surface area contributed by atoms with Gasteiger partial charge in [0.25, 0.3) is 0 Å². The third-order valence-corrected chi connectivity index (χ3v) is 8.92. The number of nitrogens with zero attached hydrogens (tertiary/aromatic N) is 1. The molecule has 4 aromatic rings. The molecule has 2 aliphatic rings. The van der Waals surface area contributed by atoms with E-state index in [1.807, 2.05) is 54.6 Å². The highest BCUT2D eigenvalue weighted by atomic mass is 16.3. The Morgan fingerprint density at radius 3 is 2.15 bits per heavy atom. The standard InChI is InChI=1S/C36H38N6O6/c43-25-14-12-23(13-15-25)18-30-36(48)42-16-6-11-31(42)35(47)41-29(19-24-20-37-27-10-5-4-9-26(24)27)34(46)40-28(17-22-7-2-1-3-8-22)33(45)38-21-32(44)39-30/h1-5,7-10,12-15,20,28-31,37,43H,6,11,16-19,21H2,(H,38,45)(H,39,44)(H,40,46)(H,41,47)/t28-,29-,30-,31+/m0/s1. The molecule has 0 unspecified atom stereocenters. The molecule has 48 heavy (non-hydrogen) atoms. The molecular weight excluding hydrogens is 612 g/mol. The number of phenols is 1. The fourth-order valence-corrected chi connectivity index (χ4v) is 6.44. The highest BCUT2D eigenvalue weighted by Gasteiger charge is 2.39. The number of H-pyrrole nitrogens is 1. The molecule has 2 saturated heterocycles. The minimum Gasteiger partial charge on any atom is -0.508 e. The molecule has 0 spiro atoms. The second kappa shape index (κ2) is 14.4.